The van der Waals surface area contributed by atoms with Crippen LogP contribution in [0.25, 0.3) is 11.2 Å². The number of hydrogen-bond acceptors (Lipinski definition) is 4. The minimum atomic E-state index is -0.533. The summed E-state index contributed by atoms with van der Waals surface area (Å²) in [6, 6.07) is 17.3. The summed E-state index contributed by atoms with van der Waals surface area (Å²) in [6.45, 7) is 4.37. The second kappa shape index (κ2) is 8.78. The highest BCUT2D eigenvalue weighted by molar-refractivity contribution is 5.95. The maximum absolute atomic E-state index is 13.6. The van der Waals surface area contributed by atoms with Crippen LogP contribution in [0.3, 0.4) is 0 Å². The molecule has 0 spiro atoms. The standard InChI is InChI=1S/C26H27N5O3/c1-3-28-17-27-24-23(28)25(33)30(26(34)29(24)15-19-9-5-4-6-10-19)16-22(32)31-18(2)13-14-20-11-7-8-12-21(20)31/h4-12,17-18H,3,13-16H2,1-2H3. The summed E-state index contributed by atoms with van der Waals surface area (Å²) in [7, 11) is 0. The fourth-order valence-electron chi connectivity index (χ4n) is 4.81. The fourth-order valence-corrected chi connectivity index (χ4v) is 4.81. The van der Waals surface area contributed by atoms with Gasteiger partial charge in [0.1, 0.15) is 6.54 Å². The van der Waals surface area contributed by atoms with E-state index in [1.807, 2.05) is 68.4 Å². The van der Waals surface area contributed by atoms with Crippen molar-refractivity contribution in [3.63, 3.8) is 0 Å². The molecule has 0 bridgehead atoms. The van der Waals surface area contributed by atoms with Gasteiger partial charge in [-0.25, -0.2) is 14.3 Å². The van der Waals surface area contributed by atoms with E-state index in [1.54, 1.807) is 15.8 Å². The highest BCUT2D eigenvalue weighted by Crippen LogP contribution is 2.30. The van der Waals surface area contributed by atoms with Crippen molar-refractivity contribution in [3.05, 3.63) is 92.9 Å². The molecule has 0 saturated heterocycles. The maximum Gasteiger partial charge on any atom is 0.333 e. The van der Waals surface area contributed by atoms with Crippen LogP contribution >= 0.6 is 0 Å². The highest BCUT2D eigenvalue weighted by atomic mass is 16.2. The number of benzene rings is 2. The molecule has 2 aromatic heterocycles. The summed E-state index contributed by atoms with van der Waals surface area (Å²) < 4.78 is 4.27. The highest BCUT2D eigenvalue weighted by Gasteiger charge is 2.29. The molecule has 1 aliphatic rings. The first-order chi connectivity index (χ1) is 16.5. The molecule has 5 rings (SSSR count). The third-order valence-electron chi connectivity index (χ3n) is 6.59. The maximum atomic E-state index is 13.6. The van der Waals surface area contributed by atoms with Gasteiger partial charge in [-0.1, -0.05) is 48.5 Å². The van der Waals surface area contributed by atoms with E-state index in [0.717, 1.165) is 34.2 Å². The quantitative estimate of drug-likeness (QED) is 0.462. The van der Waals surface area contributed by atoms with Crippen LogP contribution in [0, 0.1) is 0 Å². The zero-order valence-corrected chi connectivity index (χ0v) is 19.3. The lowest BCUT2D eigenvalue weighted by Crippen LogP contribution is -2.48. The van der Waals surface area contributed by atoms with E-state index in [9.17, 15) is 14.4 Å². The number of aromatic nitrogens is 4. The van der Waals surface area contributed by atoms with Gasteiger partial charge >= 0.3 is 5.69 Å². The number of nitrogens with zero attached hydrogens (tertiary/aromatic N) is 5. The normalized spacial score (nSPS) is 15.5. The molecule has 174 valence electrons. The molecule has 34 heavy (non-hydrogen) atoms. The van der Waals surface area contributed by atoms with Crippen LogP contribution in [0.4, 0.5) is 5.69 Å². The van der Waals surface area contributed by atoms with Crippen LogP contribution in [0.1, 0.15) is 31.4 Å². The molecule has 3 heterocycles. The first kappa shape index (κ1) is 21.9. The van der Waals surface area contributed by atoms with Crippen LogP contribution in [-0.2, 0) is 30.8 Å². The topological polar surface area (TPSA) is 82.1 Å². The Labute approximate surface area is 196 Å². The van der Waals surface area contributed by atoms with E-state index in [1.165, 1.54) is 4.57 Å². The summed E-state index contributed by atoms with van der Waals surface area (Å²) >= 11 is 0. The molecule has 8 heteroatoms. The lowest BCUT2D eigenvalue weighted by molar-refractivity contribution is -0.119. The second-order valence-electron chi connectivity index (χ2n) is 8.73. The van der Waals surface area contributed by atoms with E-state index in [2.05, 4.69) is 4.98 Å². The van der Waals surface area contributed by atoms with Crippen molar-refractivity contribution in [1.82, 2.24) is 18.7 Å². The Balaban J connectivity index is 1.62. The number of carbonyl (C=O) groups is 1. The first-order valence-corrected chi connectivity index (χ1v) is 11.6. The number of rotatable bonds is 5. The number of aryl methyl sites for hydroxylation is 2. The van der Waals surface area contributed by atoms with Crippen LogP contribution < -0.4 is 16.1 Å². The molecule has 8 nitrogen and oxygen atoms in total. The summed E-state index contributed by atoms with van der Waals surface area (Å²) in [6.07, 6.45) is 3.30. The minimum absolute atomic E-state index is 0.0189. The van der Waals surface area contributed by atoms with Crippen molar-refractivity contribution < 1.29 is 4.79 Å². The number of carbonyl (C=O) groups excluding carboxylic acids is 1. The molecular weight excluding hydrogens is 430 g/mol. The number of hydrogen-bond donors (Lipinski definition) is 0. The summed E-state index contributed by atoms with van der Waals surface area (Å²) in [5.41, 5.74) is 2.50. The summed E-state index contributed by atoms with van der Waals surface area (Å²) in [4.78, 5) is 46.7. The smallest absolute Gasteiger partial charge is 0.325 e. The molecule has 0 saturated carbocycles. The van der Waals surface area contributed by atoms with Crippen LogP contribution in [-0.4, -0.2) is 30.6 Å². The van der Waals surface area contributed by atoms with Gasteiger partial charge < -0.3 is 9.47 Å². The van der Waals surface area contributed by atoms with Crippen LogP contribution in [0.2, 0.25) is 0 Å². The van der Waals surface area contributed by atoms with Crippen molar-refractivity contribution in [2.24, 2.45) is 0 Å². The Morgan fingerprint density at radius 3 is 2.53 bits per heavy atom. The molecule has 0 N–H and O–H groups in total. The predicted octanol–water partition coefficient (Wildman–Crippen LogP) is 2.80. The lowest BCUT2D eigenvalue weighted by atomic mass is 9.96. The van der Waals surface area contributed by atoms with Gasteiger partial charge in [0.15, 0.2) is 11.2 Å². The van der Waals surface area contributed by atoms with E-state index in [4.69, 9.17) is 0 Å². The Morgan fingerprint density at radius 1 is 1.03 bits per heavy atom. The predicted molar refractivity (Wildman–Crippen MR) is 131 cm³/mol. The number of amides is 1. The monoisotopic (exact) mass is 457 g/mol. The van der Waals surface area contributed by atoms with Crippen molar-refractivity contribution in [1.29, 1.82) is 0 Å². The Kier molecular flexibility index (Phi) is 5.65. The van der Waals surface area contributed by atoms with Crippen molar-refractivity contribution in [2.45, 2.75) is 52.4 Å². The molecular formula is C26H27N5O3. The van der Waals surface area contributed by atoms with Gasteiger partial charge in [0.05, 0.1) is 12.9 Å². The number of fused-ring (bicyclic) bond motifs is 2. The van der Waals surface area contributed by atoms with Crippen molar-refractivity contribution in [3.8, 4) is 0 Å². The molecule has 0 fully saturated rings. The van der Waals surface area contributed by atoms with E-state index in [0.29, 0.717) is 17.7 Å². The molecule has 2 aromatic carbocycles. The SMILES string of the molecule is CCn1cnc2c1c(=O)n(CC(=O)N1c3ccccc3CCC1C)c(=O)n2Cc1ccccc1. The molecule has 1 unspecified atom stereocenters. The fraction of sp³-hybridized carbons (Fsp3) is 0.308. The molecule has 1 aliphatic heterocycles. The third-order valence-corrected chi connectivity index (χ3v) is 6.59. The Hall–Kier alpha value is -3.94. The zero-order valence-electron chi connectivity index (χ0n) is 19.3. The number of imidazole rings is 1. The summed E-state index contributed by atoms with van der Waals surface area (Å²) in [5, 5.41) is 0. The average molecular weight is 458 g/mol. The van der Waals surface area contributed by atoms with Gasteiger partial charge in [-0.15, -0.1) is 0 Å². The van der Waals surface area contributed by atoms with Crippen molar-refractivity contribution >= 4 is 22.8 Å². The Morgan fingerprint density at radius 2 is 1.76 bits per heavy atom. The van der Waals surface area contributed by atoms with Crippen molar-refractivity contribution in [2.75, 3.05) is 4.90 Å². The zero-order chi connectivity index (χ0) is 23.8. The largest absolute Gasteiger partial charge is 0.333 e. The average Bonchev–Trinajstić information content (AvgIpc) is 3.29. The van der Waals surface area contributed by atoms with E-state index >= 15 is 0 Å². The summed E-state index contributed by atoms with van der Waals surface area (Å²) in [5.74, 6) is -0.271. The van der Waals surface area contributed by atoms with Gasteiger partial charge in [0.25, 0.3) is 5.56 Å². The van der Waals surface area contributed by atoms with Gasteiger partial charge in [0.2, 0.25) is 5.91 Å². The van der Waals surface area contributed by atoms with Gasteiger partial charge in [-0.3, -0.25) is 14.2 Å². The van der Waals surface area contributed by atoms with Gasteiger partial charge in [-0.05, 0) is 43.9 Å². The number of para-hydroxylation sites is 1. The lowest BCUT2D eigenvalue weighted by Gasteiger charge is -2.35. The molecule has 1 atom stereocenters. The van der Waals surface area contributed by atoms with Gasteiger partial charge in [-0.2, -0.15) is 0 Å². The third kappa shape index (κ3) is 3.65. The molecule has 4 aromatic rings. The molecule has 1 amide bonds. The van der Waals surface area contributed by atoms with Crippen LogP contribution in [0.5, 0.6) is 0 Å². The van der Waals surface area contributed by atoms with E-state index in [-0.39, 0.29) is 25.0 Å². The van der Waals surface area contributed by atoms with Gasteiger partial charge in [0, 0.05) is 18.3 Å². The number of anilines is 1. The Bertz CT molecular complexity index is 1480. The second-order valence-corrected chi connectivity index (χ2v) is 8.73. The minimum Gasteiger partial charge on any atom is -0.325 e. The molecule has 0 aliphatic carbocycles. The van der Waals surface area contributed by atoms with E-state index < -0.39 is 11.2 Å². The van der Waals surface area contributed by atoms with Crippen LogP contribution in [0.15, 0.2) is 70.5 Å². The molecule has 0 radical (unpaired) electrons. The first-order valence-electron chi connectivity index (χ1n) is 11.6.